The molecule has 0 saturated carbocycles. The minimum absolute atomic E-state index is 0.0199. The van der Waals surface area contributed by atoms with Gasteiger partial charge < -0.3 is 4.74 Å². The topological polar surface area (TPSA) is 43.4 Å². The van der Waals surface area contributed by atoms with Gasteiger partial charge in [-0.1, -0.05) is 12.2 Å². The van der Waals surface area contributed by atoms with Crippen LogP contribution in [0.2, 0.25) is 0 Å². The molecule has 1 aliphatic heterocycles. The molecule has 1 spiro atoms. The standard InChI is InChI=1S/C11H10O3/c12-9-4-5-11-7(6-14-10(11)13)2-1-3-8(9)11/h3-5,7H,1-2,6H2/t7-,11+/m1/s1. The Balaban J connectivity index is 2.21. The molecule has 0 aromatic rings. The second-order valence-electron chi connectivity index (χ2n) is 4.06. The van der Waals surface area contributed by atoms with Crippen molar-refractivity contribution in [2.24, 2.45) is 11.3 Å². The number of ketones is 1. The SMILES string of the molecule is O=C1C=C[C@]23C(=O)OC[C@H]2CCC=C13. The number of ether oxygens (including phenoxy) is 1. The van der Waals surface area contributed by atoms with Crippen LogP contribution >= 0.6 is 0 Å². The van der Waals surface area contributed by atoms with Gasteiger partial charge in [-0.3, -0.25) is 9.59 Å². The summed E-state index contributed by atoms with van der Waals surface area (Å²) in [5.74, 6) is -0.0817. The molecule has 3 nitrogen and oxygen atoms in total. The van der Waals surface area contributed by atoms with Crippen LogP contribution in [0, 0.1) is 11.3 Å². The average Bonchev–Trinajstić information content (AvgIpc) is 2.70. The molecular weight excluding hydrogens is 180 g/mol. The third-order valence-corrected chi connectivity index (χ3v) is 3.47. The molecule has 0 aromatic heterocycles. The van der Waals surface area contributed by atoms with E-state index in [-0.39, 0.29) is 17.7 Å². The summed E-state index contributed by atoms with van der Waals surface area (Å²) in [7, 11) is 0. The third-order valence-electron chi connectivity index (χ3n) is 3.47. The first-order valence-electron chi connectivity index (χ1n) is 4.86. The van der Waals surface area contributed by atoms with Gasteiger partial charge in [0.25, 0.3) is 0 Å². The van der Waals surface area contributed by atoms with E-state index in [1.54, 1.807) is 6.08 Å². The number of cyclic esters (lactones) is 1. The highest BCUT2D eigenvalue weighted by Crippen LogP contribution is 2.51. The molecule has 2 aliphatic carbocycles. The van der Waals surface area contributed by atoms with Gasteiger partial charge in [0.05, 0.1) is 6.61 Å². The van der Waals surface area contributed by atoms with Crippen LogP contribution in [0.5, 0.6) is 0 Å². The van der Waals surface area contributed by atoms with Gasteiger partial charge in [-0.15, -0.1) is 0 Å². The van der Waals surface area contributed by atoms with Gasteiger partial charge in [-0.2, -0.15) is 0 Å². The maximum Gasteiger partial charge on any atom is 0.321 e. The first-order chi connectivity index (χ1) is 6.75. The zero-order valence-electron chi connectivity index (χ0n) is 7.66. The lowest BCUT2D eigenvalue weighted by molar-refractivity contribution is -0.143. The van der Waals surface area contributed by atoms with Gasteiger partial charge in [-0.05, 0) is 18.9 Å². The molecule has 1 fully saturated rings. The first kappa shape index (κ1) is 7.97. The molecule has 1 heterocycles. The highest BCUT2D eigenvalue weighted by atomic mass is 16.5. The van der Waals surface area contributed by atoms with E-state index in [1.807, 2.05) is 6.08 Å². The molecule has 0 aromatic carbocycles. The van der Waals surface area contributed by atoms with Crippen LogP contribution in [0.3, 0.4) is 0 Å². The lowest BCUT2D eigenvalue weighted by Gasteiger charge is -2.29. The summed E-state index contributed by atoms with van der Waals surface area (Å²) in [6, 6.07) is 0. The van der Waals surface area contributed by atoms with Crippen LogP contribution in [0.1, 0.15) is 12.8 Å². The van der Waals surface area contributed by atoms with Gasteiger partial charge in [0.15, 0.2) is 5.78 Å². The largest absolute Gasteiger partial charge is 0.464 e. The highest BCUT2D eigenvalue weighted by Gasteiger charge is 2.57. The van der Waals surface area contributed by atoms with Crippen molar-refractivity contribution in [2.75, 3.05) is 6.61 Å². The predicted molar refractivity (Wildman–Crippen MR) is 48.3 cm³/mol. The van der Waals surface area contributed by atoms with Gasteiger partial charge in [0, 0.05) is 11.5 Å². The molecule has 3 aliphatic rings. The molecule has 0 amide bonds. The molecule has 0 bridgehead atoms. The molecule has 2 atom stereocenters. The van der Waals surface area contributed by atoms with Crippen LogP contribution in [0.4, 0.5) is 0 Å². The van der Waals surface area contributed by atoms with Crippen molar-refractivity contribution in [3.05, 3.63) is 23.8 Å². The van der Waals surface area contributed by atoms with Crippen molar-refractivity contribution in [2.45, 2.75) is 12.8 Å². The van der Waals surface area contributed by atoms with Crippen molar-refractivity contribution in [3.8, 4) is 0 Å². The quantitative estimate of drug-likeness (QED) is 0.535. The Labute approximate surface area is 81.4 Å². The normalized spacial score (nSPS) is 39.1. The molecule has 0 radical (unpaired) electrons. The Bertz CT molecular complexity index is 391. The number of hydrogen-bond donors (Lipinski definition) is 0. The van der Waals surface area contributed by atoms with E-state index in [0.29, 0.717) is 12.2 Å². The van der Waals surface area contributed by atoms with Crippen molar-refractivity contribution in [3.63, 3.8) is 0 Å². The van der Waals surface area contributed by atoms with Crippen molar-refractivity contribution in [1.82, 2.24) is 0 Å². The van der Waals surface area contributed by atoms with Gasteiger partial charge in [-0.25, -0.2) is 0 Å². The summed E-state index contributed by atoms with van der Waals surface area (Å²) in [5, 5.41) is 0. The molecular formula is C11H10O3. The Morgan fingerprint density at radius 1 is 1.43 bits per heavy atom. The molecule has 3 heteroatoms. The fourth-order valence-corrected chi connectivity index (χ4v) is 2.73. The molecule has 0 N–H and O–H groups in total. The second-order valence-corrected chi connectivity index (χ2v) is 4.06. The van der Waals surface area contributed by atoms with E-state index in [4.69, 9.17) is 4.74 Å². The van der Waals surface area contributed by atoms with Crippen LogP contribution in [0.15, 0.2) is 23.8 Å². The van der Waals surface area contributed by atoms with Crippen LogP contribution in [-0.4, -0.2) is 18.4 Å². The smallest absolute Gasteiger partial charge is 0.321 e. The highest BCUT2D eigenvalue weighted by molar-refractivity contribution is 6.14. The number of esters is 1. The first-order valence-corrected chi connectivity index (χ1v) is 4.86. The molecule has 14 heavy (non-hydrogen) atoms. The molecule has 3 rings (SSSR count). The monoisotopic (exact) mass is 190 g/mol. The van der Waals surface area contributed by atoms with E-state index < -0.39 is 5.41 Å². The zero-order valence-corrected chi connectivity index (χ0v) is 7.66. The van der Waals surface area contributed by atoms with Crippen LogP contribution < -0.4 is 0 Å². The van der Waals surface area contributed by atoms with Gasteiger partial charge in [0.2, 0.25) is 0 Å². The van der Waals surface area contributed by atoms with Crippen molar-refractivity contribution < 1.29 is 14.3 Å². The van der Waals surface area contributed by atoms with E-state index in [0.717, 1.165) is 12.8 Å². The van der Waals surface area contributed by atoms with Gasteiger partial charge in [0.1, 0.15) is 5.41 Å². The van der Waals surface area contributed by atoms with Crippen LogP contribution in [0.25, 0.3) is 0 Å². The van der Waals surface area contributed by atoms with E-state index in [9.17, 15) is 9.59 Å². The molecule has 72 valence electrons. The third kappa shape index (κ3) is 0.694. The Morgan fingerprint density at radius 3 is 3.14 bits per heavy atom. The average molecular weight is 190 g/mol. The number of carbonyl (C=O) groups is 2. The predicted octanol–water partition coefficient (Wildman–Crippen LogP) is 1.00. The second kappa shape index (κ2) is 2.35. The summed E-state index contributed by atoms with van der Waals surface area (Å²) in [5.41, 5.74) is -0.0498. The van der Waals surface area contributed by atoms with E-state index in [1.165, 1.54) is 6.08 Å². The fourth-order valence-electron chi connectivity index (χ4n) is 2.73. The maximum atomic E-state index is 11.7. The summed E-state index contributed by atoms with van der Waals surface area (Å²) in [6.07, 6.45) is 6.96. The Kier molecular flexibility index (Phi) is 1.34. The lowest BCUT2D eigenvalue weighted by atomic mass is 9.68. The minimum Gasteiger partial charge on any atom is -0.464 e. The number of carbonyl (C=O) groups excluding carboxylic acids is 2. The van der Waals surface area contributed by atoms with Gasteiger partial charge >= 0.3 is 5.97 Å². The molecule has 0 unspecified atom stereocenters. The van der Waals surface area contributed by atoms with Crippen molar-refractivity contribution in [1.29, 1.82) is 0 Å². The fraction of sp³-hybridized carbons (Fsp3) is 0.455. The maximum absolute atomic E-state index is 11.7. The zero-order chi connectivity index (χ0) is 9.76. The summed E-state index contributed by atoms with van der Waals surface area (Å²) in [4.78, 5) is 23.2. The number of allylic oxidation sites excluding steroid dienone is 2. The van der Waals surface area contributed by atoms with E-state index in [2.05, 4.69) is 0 Å². The van der Waals surface area contributed by atoms with Crippen LogP contribution in [-0.2, 0) is 14.3 Å². The van der Waals surface area contributed by atoms with Crippen molar-refractivity contribution >= 4 is 11.8 Å². The summed E-state index contributed by atoms with van der Waals surface area (Å²) in [6.45, 7) is 0.466. The molecule has 1 saturated heterocycles. The number of rotatable bonds is 0. The Hall–Kier alpha value is -1.38. The summed E-state index contributed by atoms with van der Waals surface area (Å²) < 4.78 is 5.07. The minimum atomic E-state index is -0.699. The lowest BCUT2D eigenvalue weighted by Crippen LogP contribution is -2.34. The number of hydrogen-bond acceptors (Lipinski definition) is 3. The Morgan fingerprint density at radius 2 is 2.29 bits per heavy atom. The van der Waals surface area contributed by atoms with E-state index >= 15 is 0 Å². The summed E-state index contributed by atoms with van der Waals surface area (Å²) >= 11 is 0.